The number of ether oxygens (including phenoxy) is 1. The molecule has 19 nitrogen and oxygen atoms in total. The van der Waals surface area contributed by atoms with Crippen molar-refractivity contribution < 1.29 is 63.2 Å². The average Bonchev–Trinajstić information content (AvgIpc) is 3.00. The van der Waals surface area contributed by atoms with Crippen molar-refractivity contribution in [2.24, 2.45) is 5.92 Å². The molecular formula is C30H50N6O13S2. The monoisotopic (exact) mass is 766 g/mol. The molecule has 0 saturated carbocycles. The maximum absolute atomic E-state index is 13.0. The molecule has 290 valence electrons. The van der Waals surface area contributed by atoms with Crippen molar-refractivity contribution in [1.29, 1.82) is 0 Å². The molecule has 0 bridgehead atoms. The van der Waals surface area contributed by atoms with E-state index in [9.17, 15) is 53.4 Å². The zero-order valence-electron chi connectivity index (χ0n) is 29.4. The number of aliphatic carboxylic acids is 3. The largest absolute Gasteiger partial charge is 0.481 e. The summed E-state index contributed by atoms with van der Waals surface area (Å²) in [5.41, 5.74) is -0.876. The van der Waals surface area contributed by atoms with Crippen LogP contribution >= 0.6 is 24.4 Å². The van der Waals surface area contributed by atoms with Crippen molar-refractivity contribution in [3.05, 3.63) is 0 Å². The van der Waals surface area contributed by atoms with Crippen LogP contribution in [0.3, 0.4) is 0 Å². The van der Waals surface area contributed by atoms with Crippen LogP contribution in [0.5, 0.6) is 0 Å². The normalized spacial score (nSPS) is 14.0. The predicted octanol–water partition coefficient (Wildman–Crippen LogP) is -0.912. The lowest BCUT2D eigenvalue weighted by Gasteiger charge is -2.25. The summed E-state index contributed by atoms with van der Waals surface area (Å²) in [5, 5.41) is 41.5. The third kappa shape index (κ3) is 20.9. The Balaban J connectivity index is 5.61. The zero-order chi connectivity index (χ0) is 39.5. The highest BCUT2D eigenvalue weighted by Crippen LogP contribution is 2.10. The molecule has 0 unspecified atom stereocenters. The summed E-state index contributed by atoms with van der Waals surface area (Å²) in [6, 6.07) is -7.10. The summed E-state index contributed by atoms with van der Waals surface area (Å²) < 4.78 is 5.17. The van der Waals surface area contributed by atoms with Gasteiger partial charge in [0.1, 0.15) is 35.8 Å². The van der Waals surface area contributed by atoms with Gasteiger partial charge in [0.25, 0.3) is 0 Å². The van der Waals surface area contributed by atoms with E-state index in [-0.39, 0.29) is 24.5 Å². The zero-order valence-corrected chi connectivity index (χ0v) is 31.1. The van der Waals surface area contributed by atoms with Gasteiger partial charge in [0.15, 0.2) is 0 Å². The lowest BCUT2D eigenvalue weighted by Crippen LogP contribution is -2.58. The number of alkyl carbamates (subject to hydrolysis) is 1. The Morgan fingerprint density at radius 1 is 0.706 bits per heavy atom. The molecule has 5 atom stereocenters. The Morgan fingerprint density at radius 2 is 1.24 bits per heavy atom. The van der Waals surface area contributed by atoms with E-state index in [4.69, 9.17) is 9.84 Å². The van der Waals surface area contributed by atoms with E-state index in [1.54, 1.807) is 40.9 Å². The predicted molar refractivity (Wildman–Crippen MR) is 187 cm³/mol. The number of hydrogen-bond donors (Lipinski definition) is 10. The second-order valence-corrected chi connectivity index (χ2v) is 14.0. The summed E-state index contributed by atoms with van der Waals surface area (Å²) in [5.74, 6) is -8.98. The molecule has 6 amide bonds. The van der Waals surface area contributed by atoms with Gasteiger partial charge >= 0.3 is 24.0 Å². The summed E-state index contributed by atoms with van der Waals surface area (Å²) in [6.45, 7) is 7.50. The average molecular weight is 767 g/mol. The highest BCUT2D eigenvalue weighted by Gasteiger charge is 2.32. The molecule has 0 aromatic rings. The van der Waals surface area contributed by atoms with Crippen molar-refractivity contribution in [2.45, 2.75) is 103 Å². The molecule has 0 aromatic carbocycles. The van der Waals surface area contributed by atoms with E-state index in [0.717, 1.165) is 0 Å². The first-order valence-electron chi connectivity index (χ1n) is 15.8. The number of carbonyl (C=O) groups is 9. The van der Waals surface area contributed by atoms with E-state index < -0.39 is 115 Å². The standard InChI is InChI=1S/C30H50N6O13S2/c1-15(2)11-19(28(46)47)35-25(43)16(7-8-22(38)39)33-27(45)20(14-50)32-21(37)13-31-24(42)18(12-23(40)41)34-26(44)17(9-10-51-6)36-29(48)49-30(3,4)5/h15-20,50H,7-14H2,1-6H3,(H,31,42)(H,32,37)(H,33,45)(H,34,44)(H,35,43)(H,36,48)(H,38,39)(H,40,41)(H,46,47)/t16-,17-,18-,19-,20-/m0/s1. The van der Waals surface area contributed by atoms with Crippen LogP contribution in [0.25, 0.3) is 0 Å². The lowest BCUT2D eigenvalue weighted by molar-refractivity contribution is -0.143. The Morgan fingerprint density at radius 3 is 1.71 bits per heavy atom. The summed E-state index contributed by atoms with van der Waals surface area (Å²) >= 11 is 5.39. The van der Waals surface area contributed by atoms with Crippen LogP contribution in [0.15, 0.2) is 0 Å². The van der Waals surface area contributed by atoms with Crippen molar-refractivity contribution in [3.63, 3.8) is 0 Å². The van der Waals surface area contributed by atoms with Crippen LogP contribution < -0.4 is 31.9 Å². The molecule has 0 aliphatic rings. The molecule has 0 fully saturated rings. The first-order valence-corrected chi connectivity index (χ1v) is 17.9. The van der Waals surface area contributed by atoms with Gasteiger partial charge in [0.2, 0.25) is 29.5 Å². The fourth-order valence-electron chi connectivity index (χ4n) is 4.11. The van der Waals surface area contributed by atoms with E-state index >= 15 is 0 Å². The second-order valence-electron chi connectivity index (χ2n) is 12.7. The molecule has 0 rings (SSSR count). The van der Waals surface area contributed by atoms with Gasteiger partial charge in [0, 0.05) is 12.2 Å². The highest BCUT2D eigenvalue weighted by molar-refractivity contribution is 7.98. The van der Waals surface area contributed by atoms with Gasteiger partial charge in [-0.1, -0.05) is 13.8 Å². The number of rotatable bonds is 23. The van der Waals surface area contributed by atoms with Gasteiger partial charge in [-0.3, -0.25) is 33.6 Å². The number of carboxylic acids is 3. The molecule has 21 heteroatoms. The number of amides is 6. The minimum atomic E-state index is -1.68. The molecule has 0 saturated heterocycles. The van der Waals surface area contributed by atoms with Crippen LogP contribution in [-0.4, -0.2) is 129 Å². The third-order valence-electron chi connectivity index (χ3n) is 6.49. The maximum atomic E-state index is 13.0. The minimum absolute atomic E-state index is 0.0558. The Bertz CT molecular complexity index is 1260. The topological polar surface area (TPSA) is 296 Å². The molecule has 0 heterocycles. The number of hydrogen-bond acceptors (Lipinski definition) is 12. The second kappa shape index (κ2) is 23.3. The van der Waals surface area contributed by atoms with Gasteiger partial charge in [-0.2, -0.15) is 24.4 Å². The molecule has 0 spiro atoms. The first-order chi connectivity index (χ1) is 23.6. The quantitative estimate of drug-likeness (QED) is 0.0564. The van der Waals surface area contributed by atoms with Crippen LogP contribution in [0.4, 0.5) is 4.79 Å². The number of carboxylic acid groups (broad SMARTS) is 3. The number of carbonyl (C=O) groups excluding carboxylic acids is 6. The highest BCUT2D eigenvalue weighted by atomic mass is 32.2. The van der Waals surface area contributed by atoms with Crippen LogP contribution in [-0.2, 0) is 43.1 Å². The van der Waals surface area contributed by atoms with Gasteiger partial charge in [0.05, 0.1) is 13.0 Å². The van der Waals surface area contributed by atoms with Gasteiger partial charge in [-0.15, -0.1) is 0 Å². The molecule has 0 aliphatic heterocycles. The van der Waals surface area contributed by atoms with E-state index in [1.165, 1.54) is 11.8 Å². The Hall–Kier alpha value is -4.27. The Kier molecular flexibility index (Phi) is 21.3. The number of thiol groups is 1. The Labute approximate surface area is 305 Å². The van der Waals surface area contributed by atoms with E-state index in [0.29, 0.717) is 5.75 Å². The number of thioether (sulfide) groups is 1. The summed E-state index contributed by atoms with van der Waals surface area (Å²) in [4.78, 5) is 111. The molecule has 0 aliphatic carbocycles. The molecule has 9 N–H and O–H groups in total. The van der Waals surface area contributed by atoms with E-state index in [2.05, 4.69) is 44.5 Å². The van der Waals surface area contributed by atoms with Crippen molar-refractivity contribution in [3.8, 4) is 0 Å². The maximum Gasteiger partial charge on any atom is 0.408 e. The van der Waals surface area contributed by atoms with Crippen molar-refractivity contribution in [2.75, 3.05) is 24.3 Å². The van der Waals surface area contributed by atoms with Gasteiger partial charge in [-0.05, 0) is 58.0 Å². The van der Waals surface area contributed by atoms with Crippen LogP contribution in [0.2, 0.25) is 0 Å². The smallest absolute Gasteiger partial charge is 0.408 e. The van der Waals surface area contributed by atoms with Crippen LogP contribution in [0, 0.1) is 5.92 Å². The summed E-state index contributed by atoms with van der Waals surface area (Å²) in [7, 11) is 0. The van der Waals surface area contributed by atoms with Gasteiger partial charge in [-0.25, -0.2) is 9.59 Å². The first kappa shape index (κ1) is 46.7. The van der Waals surface area contributed by atoms with Crippen molar-refractivity contribution >= 4 is 77.9 Å². The lowest BCUT2D eigenvalue weighted by atomic mass is 10.0. The SMILES string of the molecule is CSCC[C@H](NC(=O)OC(C)(C)C)C(=O)N[C@@H](CC(=O)O)C(=O)NCC(=O)N[C@@H](CS)C(=O)N[C@@H](CCC(=O)O)C(=O)N[C@@H](CC(C)C)C(=O)O. The molecular weight excluding hydrogens is 716 g/mol. The van der Waals surface area contributed by atoms with E-state index in [1.807, 2.05) is 0 Å². The number of nitrogens with one attached hydrogen (secondary N) is 6. The molecule has 51 heavy (non-hydrogen) atoms. The van der Waals surface area contributed by atoms with Crippen molar-refractivity contribution in [1.82, 2.24) is 31.9 Å². The molecule has 0 radical (unpaired) electrons. The van der Waals surface area contributed by atoms with Gasteiger partial charge < -0.3 is 52.0 Å². The van der Waals surface area contributed by atoms with Crippen LogP contribution in [0.1, 0.15) is 66.7 Å². The summed E-state index contributed by atoms with van der Waals surface area (Å²) in [6.07, 6.45) is -0.842. The third-order valence-corrected chi connectivity index (χ3v) is 7.50. The fourth-order valence-corrected chi connectivity index (χ4v) is 4.84. The fraction of sp³-hybridized carbons (Fsp3) is 0.700. The minimum Gasteiger partial charge on any atom is -0.481 e. The molecule has 0 aromatic heterocycles.